The first-order chi connectivity index (χ1) is 7.92. The predicted molar refractivity (Wildman–Crippen MR) is 53.0 cm³/mol. The molecule has 0 aromatic heterocycles. The Balaban J connectivity index is 1.92. The smallest absolute Gasteiger partial charge is 0.314 e. The van der Waals surface area contributed by atoms with Crippen LogP contribution in [0.4, 0.5) is 13.6 Å². The van der Waals surface area contributed by atoms with Crippen molar-refractivity contribution in [3.05, 3.63) is 0 Å². The fourth-order valence-electron chi connectivity index (χ4n) is 1.08. The fourth-order valence-corrected chi connectivity index (χ4v) is 1.08. The Labute approximate surface area is 96.3 Å². The van der Waals surface area contributed by atoms with Crippen LogP contribution in [-0.2, 0) is 9.53 Å². The van der Waals surface area contributed by atoms with Gasteiger partial charge in [0, 0.05) is 19.5 Å². The Kier molecular flexibility index (Phi) is 4.62. The van der Waals surface area contributed by atoms with Gasteiger partial charge in [-0.05, 0) is 0 Å². The van der Waals surface area contributed by atoms with E-state index in [1.807, 2.05) is 0 Å². The Morgan fingerprint density at radius 2 is 1.94 bits per heavy atom. The molecule has 1 saturated carbocycles. The lowest BCUT2D eigenvalue weighted by molar-refractivity contribution is -0.136. The van der Waals surface area contributed by atoms with Crippen molar-refractivity contribution in [1.82, 2.24) is 10.6 Å². The van der Waals surface area contributed by atoms with Gasteiger partial charge in [-0.15, -0.1) is 0 Å². The van der Waals surface area contributed by atoms with Gasteiger partial charge in [-0.25, -0.2) is 13.6 Å². The van der Waals surface area contributed by atoms with E-state index < -0.39 is 24.0 Å². The molecule has 0 aromatic carbocycles. The SMILES string of the molecule is O=C(O)CCNC(=O)NCCOC1CC1(F)F. The van der Waals surface area contributed by atoms with Crippen molar-refractivity contribution < 1.29 is 28.2 Å². The number of hydrogen-bond acceptors (Lipinski definition) is 3. The highest BCUT2D eigenvalue weighted by atomic mass is 19.3. The van der Waals surface area contributed by atoms with E-state index in [1.54, 1.807) is 0 Å². The summed E-state index contributed by atoms with van der Waals surface area (Å²) in [6.07, 6.45) is -1.46. The molecule has 3 N–H and O–H groups in total. The van der Waals surface area contributed by atoms with Crippen LogP contribution in [-0.4, -0.2) is 48.8 Å². The third kappa shape index (κ3) is 5.43. The predicted octanol–water partition coefficient (Wildman–Crippen LogP) is 0.185. The van der Waals surface area contributed by atoms with Crippen molar-refractivity contribution in [3.8, 4) is 0 Å². The van der Waals surface area contributed by atoms with Crippen molar-refractivity contribution in [1.29, 1.82) is 0 Å². The molecule has 1 fully saturated rings. The van der Waals surface area contributed by atoms with Crippen LogP contribution in [0, 0.1) is 0 Å². The van der Waals surface area contributed by atoms with Gasteiger partial charge in [-0.1, -0.05) is 0 Å². The molecule has 0 spiro atoms. The fraction of sp³-hybridized carbons (Fsp3) is 0.778. The quantitative estimate of drug-likeness (QED) is 0.564. The van der Waals surface area contributed by atoms with Crippen LogP contribution in [0.3, 0.4) is 0 Å². The zero-order valence-electron chi connectivity index (χ0n) is 9.04. The van der Waals surface area contributed by atoms with Crippen LogP contribution in [0.5, 0.6) is 0 Å². The first kappa shape index (κ1) is 13.6. The number of urea groups is 1. The van der Waals surface area contributed by atoms with Gasteiger partial charge < -0.3 is 20.5 Å². The van der Waals surface area contributed by atoms with Gasteiger partial charge in [0.15, 0.2) is 0 Å². The molecule has 1 atom stereocenters. The highest BCUT2D eigenvalue weighted by molar-refractivity contribution is 5.74. The van der Waals surface area contributed by atoms with Crippen LogP contribution in [0.2, 0.25) is 0 Å². The highest BCUT2D eigenvalue weighted by Crippen LogP contribution is 2.44. The number of carbonyl (C=O) groups is 2. The number of hydrogen-bond donors (Lipinski definition) is 3. The highest BCUT2D eigenvalue weighted by Gasteiger charge is 2.58. The van der Waals surface area contributed by atoms with E-state index in [0.717, 1.165) is 0 Å². The monoisotopic (exact) mass is 252 g/mol. The first-order valence-electron chi connectivity index (χ1n) is 5.15. The lowest BCUT2D eigenvalue weighted by Crippen LogP contribution is -2.38. The van der Waals surface area contributed by atoms with Gasteiger partial charge in [0.1, 0.15) is 6.10 Å². The molecule has 17 heavy (non-hydrogen) atoms. The summed E-state index contributed by atoms with van der Waals surface area (Å²) in [5.41, 5.74) is 0. The van der Waals surface area contributed by atoms with E-state index >= 15 is 0 Å². The van der Waals surface area contributed by atoms with Crippen LogP contribution in [0.15, 0.2) is 0 Å². The summed E-state index contributed by atoms with van der Waals surface area (Å²) in [5.74, 6) is -3.73. The van der Waals surface area contributed by atoms with Crippen molar-refractivity contribution in [3.63, 3.8) is 0 Å². The molecule has 0 aliphatic heterocycles. The second kappa shape index (κ2) is 5.76. The van der Waals surface area contributed by atoms with E-state index in [9.17, 15) is 18.4 Å². The maximum atomic E-state index is 12.3. The second-order valence-electron chi connectivity index (χ2n) is 3.65. The number of ether oxygens (including phenoxy) is 1. The lowest BCUT2D eigenvalue weighted by Gasteiger charge is -2.06. The number of alkyl halides is 2. The second-order valence-corrected chi connectivity index (χ2v) is 3.65. The number of amides is 2. The van der Waals surface area contributed by atoms with Crippen LogP contribution in [0.25, 0.3) is 0 Å². The molecule has 0 radical (unpaired) electrons. The molecular weight excluding hydrogens is 238 g/mol. The summed E-state index contributed by atoms with van der Waals surface area (Å²) in [7, 11) is 0. The third-order valence-corrected chi connectivity index (χ3v) is 2.10. The minimum atomic E-state index is -2.72. The van der Waals surface area contributed by atoms with E-state index in [0.29, 0.717) is 0 Å². The Bertz CT molecular complexity index is 299. The summed E-state index contributed by atoms with van der Waals surface area (Å²) < 4.78 is 29.5. The number of carboxylic acid groups (broad SMARTS) is 1. The summed E-state index contributed by atoms with van der Waals surface area (Å²) in [5, 5.41) is 12.9. The average molecular weight is 252 g/mol. The number of halogens is 2. The summed E-state index contributed by atoms with van der Waals surface area (Å²) >= 11 is 0. The first-order valence-corrected chi connectivity index (χ1v) is 5.15. The molecular formula is C9H14F2N2O4. The molecule has 1 aliphatic rings. The van der Waals surface area contributed by atoms with Crippen LogP contribution >= 0.6 is 0 Å². The Morgan fingerprint density at radius 3 is 2.47 bits per heavy atom. The number of nitrogens with one attached hydrogen (secondary N) is 2. The molecule has 1 aliphatic carbocycles. The molecule has 1 rings (SSSR count). The topological polar surface area (TPSA) is 87.7 Å². The molecule has 0 saturated heterocycles. The van der Waals surface area contributed by atoms with Gasteiger partial charge >= 0.3 is 12.0 Å². The molecule has 8 heteroatoms. The normalized spacial score (nSPS) is 20.7. The van der Waals surface area contributed by atoms with Crippen LogP contribution in [0.1, 0.15) is 12.8 Å². The molecule has 98 valence electrons. The van der Waals surface area contributed by atoms with Gasteiger partial charge in [-0.3, -0.25) is 4.79 Å². The van der Waals surface area contributed by atoms with E-state index in [2.05, 4.69) is 10.6 Å². The molecule has 1 unspecified atom stereocenters. The zero-order chi connectivity index (χ0) is 12.9. The Morgan fingerprint density at radius 1 is 1.35 bits per heavy atom. The zero-order valence-corrected chi connectivity index (χ0v) is 9.04. The molecule has 2 amide bonds. The molecule has 0 heterocycles. The Hall–Kier alpha value is -1.44. The third-order valence-electron chi connectivity index (χ3n) is 2.10. The summed E-state index contributed by atoms with van der Waals surface area (Å²) in [6.45, 7) is 0.126. The number of rotatable bonds is 7. The largest absolute Gasteiger partial charge is 0.481 e. The van der Waals surface area contributed by atoms with Crippen molar-refractivity contribution in [2.45, 2.75) is 24.9 Å². The van der Waals surface area contributed by atoms with Crippen LogP contribution < -0.4 is 10.6 Å². The van der Waals surface area contributed by atoms with Gasteiger partial charge in [0.05, 0.1) is 13.0 Å². The minimum Gasteiger partial charge on any atom is -0.481 e. The maximum Gasteiger partial charge on any atom is 0.314 e. The lowest BCUT2D eigenvalue weighted by atomic mass is 10.4. The van der Waals surface area contributed by atoms with Gasteiger partial charge in [-0.2, -0.15) is 0 Å². The van der Waals surface area contributed by atoms with E-state index in [-0.39, 0.29) is 32.5 Å². The van der Waals surface area contributed by atoms with Gasteiger partial charge in [0.2, 0.25) is 0 Å². The number of carboxylic acids is 1. The van der Waals surface area contributed by atoms with Crippen molar-refractivity contribution in [2.24, 2.45) is 0 Å². The molecule has 0 bridgehead atoms. The number of carbonyl (C=O) groups excluding carboxylic acids is 1. The van der Waals surface area contributed by atoms with Crippen molar-refractivity contribution >= 4 is 12.0 Å². The van der Waals surface area contributed by atoms with Gasteiger partial charge in [0.25, 0.3) is 5.92 Å². The summed E-state index contributed by atoms with van der Waals surface area (Å²) in [4.78, 5) is 21.1. The average Bonchev–Trinajstić information content (AvgIpc) is 2.81. The standard InChI is InChI=1S/C9H14F2N2O4/c10-9(11)5-6(9)17-4-3-13-8(16)12-2-1-7(14)15/h6H,1-5H2,(H,14,15)(H2,12,13,16). The van der Waals surface area contributed by atoms with Crippen molar-refractivity contribution in [2.75, 3.05) is 19.7 Å². The number of aliphatic carboxylic acids is 1. The molecule has 0 aromatic rings. The minimum absolute atomic E-state index is 0.00655. The summed E-state index contributed by atoms with van der Waals surface area (Å²) in [6, 6.07) is -0.544. The van der Waals surface area contributed by atoms with E-state index in [4.69, 9.17) is 9.84 Å². The molecule has 6 nitrogen and oxygen atoms in total. The van der Waals surface area contributed by atoms with E-state index in [1.165, 1.54) is 0 Å². The maximum absolute atomic E-state index is 12.3.